The second kappa shape index (κ2) is 7.96. The van der Waals surface area contributed by atoms with Gasteiger partial charge in [-0.05, 0) is 43.5 Å². The Labute approximate surface area is 148 Å². The number of hydrogen-bond donors (Lipinski definition) is 2. The highest BCUT2D eigenvalue weighted by Crippen LogP contribution is 2.18. The standard InChI is InChI=1S/C19H24N4O2/c1-13-11-17(18(24)22-15-5-3-4-6-15)23-19(21-13)20-12-14-7-9-16(25-2)10-8-14/h7-11,15H,3-6,12H2,1-2H3,(H,22,24)(H,20,21,23). The van der Waals surface area contributed by atoms with Crippen LogP contribution in [0.1, 0.15) is 47.4 Å². The Morgan fingerprint density at radius 1 is 1.20 bits per heavy atom. The van der Waals surface area contributed by atoms with Gasteiger partial charge in [0.25, 0.3) is 5.91 Å². The molecule has 1 fully saturated rings. The van der Waals surface area contributed by atoms with Gasteiger partial charge in [-0.15, -0.1) is 0 Å². The fourth-order valence-corrected chi connectivity index (χ4v) is 3.02. The van der Waals surface area contributed by atoms with E-state index in [-0.39, 0.29) is 11.9 Å². The second-order valence-corrected chi connectivity index (χ2v) is 6.37. The van der Waals surface area contributed by atoms with Crippen molar-refractivity contribution >= 4 is 11.9 Å². The summed E-state index contributed by atoms with van der Waals surface area (Å²) in [6.45, 7) is 2.45. The predicted octanol–water partition coefficient (Wildman–Crippen LogP) is 3.08. The number of amides is 1. The van der Waals surface area contributed by atoms with Gasteiger partial charge >= 0.3 is 0 Å². The summed E-state index contributed by atoms with van der Waals surface area (Å²) in [6, 6.07) is 9.79. The van der Waals surface area contributed by atoms with E-state index in [0.29, 0.717) is 18.2 Å². The molecule has 1 aliphatic carbocycles. The normalized spacial score (nSPS) is 14.3. The van der Waals surface area contributed by atoms with Crippen LogP contribution in [0.25, 0.3) is 0 Å². The van der Waals surface area contributed by atoms with E-state index in [4.69, 9.17) is 4.74 Å². The van der Waals surface area contributed by atoms with E-state index in [9.17, 15) is 4.79 Å². The minimum Gasteiger partial charge on any atom is -0.497 e. The van der Waals surface area contributed by atoms with Crippen molar-refractivity contribution in [2.75, 3.05) is 12.4 Å². The Bertz CT molecular complexity index is 725. The van der Waals surface area contributed by atoms with Crippen molar-refractivity contribution in [2.24, 2.45) is 0 Å². The summed E-state index contributed by atoms with van der Waals surface area (Å²) in [6.07, 6.45) is 4.47. The molecule has 1 heterocycles. The smallest absolute Gasteiger partial charge is 0.270 e. The molecule has 3 rings (SSSR count). The van der Waals surface area contributed by atoms with Crippen LogP contribution < -0.4 is 15.4 Å². The molecule has 0 atom stereocenters. The summed E-state index contributed by atoms with van der Waals surface area (Å²) in [5.41, 5.74) is 2.27. The summed E-state index contributed by atoms with van der Waals surface area (Å²) in [5.74, 6) is 1.17. The topological polar surface area (TPSA) is 76.1 Å². The average molecular weight is 340 g/mol. The molecule has 0 aliphatic heterocycles. The van der Waals surface area contributed by atoms with E-state index < -0.39 is 0 Å². The Morgan fingerprint density at radius 3 is 2.60 bits per heavy atom. The third kappa shape index (κ3) is 4.68. The number of nitrogens with one attached hydrogen (secondary N) is 2. The SMILES string of the molecule is COc1ccc(CNc2nc(C)cc(C(=O)NC3CCCC3)n2)cc1. The molecule has 0 unspecified atom stereocenters. The van der Waals surface area contributed by atoms with Gasteiger partial charge < -0.3 is 15.4 Å². The van der Waals surface area contributed by atoms with Crippen LogP contribution in [-0.2, 0) is 6.54 Å². The van der Waals surface area contributed by atoms with Gasteiger partial charge in [-0.25, -0.2) is 9.97 Å². The molecule has 6 nitrogen and oxygen atoms in total. The number of benzene rings is 1. The van der Waals surface area contributed by atoms with Crippen LogP contribution in [0, 0.1) is 6.92 Å². The Balaban J connectivity index is 1.64. The molecular formula is C19H24N4O2. The van der Waals surface area contributed by atoms with Crippen molar-refractivity contribution < 1.29 is 9.53 Å². The molecule has 25 heavy (non-hydrogen) atoms. The monoisotopic (exact) mass is 340 g/mol. The lowest BCUT2D eigenvalue weighted by Gasteiger charge is -2.13. The van der Waals surface area contributed by atoms with Crippen LogP contribution in [-0.4, -0.2) is 29.0 Å². The predicted molar refractivity (Wildman–Crippen MR) is 96.8 cm³/mol. The molecule has 1 amide bonds. The highest BCUT2D eigenvalue weighted by atomic mass is 16.5. The summed E-state index contributed by atoms with van der Waals surface area (Å²) < 4.78 is 5.15. The first-order valence-corrected chi connectivity index (χ1v) is 8.67. The summed E-state index contributed by atoms with van der Waals surface area (Å²) >= 11 is 0. The van der Waals surface area contributed by atoms with Gasteiger partial charge in [-0.3, -0.25) is 4.79 Å². The number of aromatic nitrogens is 2. The van der Waals surface area contributed by atoms with Gasteiger partial charge in [0.2, 0.25) is 5.95 Å². The van der Waals surface area contributed by atoms with E-state index in [1.54, 1.807) is 13.2 Å². The molecule has 1 aromatic heterocycles. The lowest BCUT2D eigenvalue weighted by atomic mass is 10.2. The number of methoxy groups -OCH3 is 1. The Morgan fingerprint density at radius 2 is 1.92 bits per heavy atom. The van der Waals surface area contributed by atoms with Gasteiger partial charge in [-0.1, -0.05) is 25.0 Å². The van der Waals surface area contributed by atoms with E-state index >= 15 is 0 Å². The number of anilines is 1. The van der Waals surface area contributed by atoms with Crippen LogP contribution in [0.5, 0.6) is 5.75 Å². The van der Waals surface area contributed by atoms with Gasteiger partial charge in [0.15, 0.2) is 0 Å². The van der Waals surface area contributed by atoms with Gasteiger partial charge in [0.05, 0.1) is 7.11 Å². The fraction of sp³-hybridized carbons (Fsp3) is 0.421. The lowest BCUT2D eigenvalue weighted by Crippen LogP contribution is -2.33. The quantitative estimate of drug-likeness (QED) is 0.845. The maximum absolute atomic E-state index is 12.4. The summed E-state index contributed by atoms with van der Waals surface area (Å²) in [4.78, 5) is 21.1. The largest absolute Gasteiger partial charge is 0.497 e. The van der Waals surface area contributed by atoms with Gasteiger partial charge in [-0.2, -0.15) is 0 Å². The molecule has 0 radical (unpaired) electrons. The van der Waals surface area contributed by atoms with Gasteiger partial charge in [0, 0.05) is 18.3 Å². The molecule has 132 valence electrons. The molecule has 1 aromatic carbocycles. The maximum atomic E-state index is 12.4. The van der Waals surface area contributed by atoms with Crippen molar-refractivity contribution in [3.8, 4) is 5.75 Å². The van der Waals surface area contributed by atoms with E-state index in [1.807, 2.05) is 31.2 Å². The molecule has 0 saturated heterocycles. The zero-order valence-corrected chi connectivity index (χ0v) is 14.7. The third-order valence-electron chi connectivity index (χ3n) is 4.39. The third-order valence-corrected chi connectivity index (χ3v) is 4.39. The summed E-state index contributed by atoms with van der Waals surface area (Å²) in [5, 5.41) is 6.25. The van der Waals surface area contributed by atoms with E-state index in [0.717, 1.165) is 29.8 Å². The van der Waals surface area contributed by atoms with Crippen molar-refractivity contribution in [3.05, 3.63) is 47.3 Å². The van der Waals surface area contributed by atoms with Crippen molar-refractivity contribution in [3.63, 3.8) is 0 Å². The highest BCUT2D eigenvalue weighted by Gasteiger charge is 2.19. The zero-order valence-electron chi connectivity index (χ0n) is 14.7. The van der Waals surface area contributed by atoms with E-state index in [1.165, 1.54) is 12.8 Å². The van der Waals surface area contributed by atoms with Crippen LogP contribution in [0.4, 0.5) is 5.95 Å². The van der Waals surface area contributed by atoms with Crippen LogP contribution in [0.15, 0.2) is 30.3 Å². The van der Waals surface area contributed by atoms with Crippen molar-refractivity contribution in [1.29, 1.82) is 0 Å². The zero-order chi connectivity index (χ0) is 17.6. The Hall–Kier alpha value is -2.63. The molecule has 6 heteroatoms. The number of aryl methyl sites for hydroxylation is 1. The molecule has 0 spiro atoms. The van der Waals surface area contributed by atoms with Crippen LogP contribution in [0.2, 0.25) is 0 Å². The van der Waals surface area contributed by atoms with E-state index in [2.05, 4.69) is 20.6 Å². The van der Waals surface area contributed by atoms with Crippen LogP contribution in [0.3, 0.4) is 0 Å². The number of ether oxygens (including phenoxy) is 1. The molecule has 1 aliphatic rings. The first-order valence-electron chi connectivity index (χ1n) is 8.67. The number of carbonyl (C=O) groups is 1. The van der Waals surface area contributed by atoms with Crippen molar-refractivity contribution in [2.45, 2.75) is 45.2 Å². The fourth-order valence-electron chi connectivity index (χ4n) is 3.02. The number of rotatable bonds is 6. The number of carbonyl (C=O) groups excluding carboxylic acids is 1. The highest BCUT2D eigenvalue weighted by molar-refractivity contribution is 5.92. The number of hydrogen-bond acceptors (Lipinski definition) is 5. The van der Waals surface area contributed by atoms with Crippen molar-refractivity contribution in [1.82, 2.24) is 15.3 Å². The molecular weight excluding hydrogens is 316 g/mol. The number of nitrogens with zero attached hydrogens (tertiary/aromatic N) is 2. The Kier molecular flexibility index (Phi) is 5.48. The minimum atomic E-state index is -0.120. The van der Waals surface area contributed by atoms with Gasteiger partial charge in [0.1, 0.15) is 11.4 Å². The maximum Gasteiger partial charge on any atom is 0.270 e. The molecule has 2 N–H and O–H groups in total. The molecule has 0 bridgehead atoms. The molecule has 1 saturated carbocycles. The molecule has 2 aromatic rings. The average Bonchev–Trinajstić information content (AvgIpc) is 3.13. The second-order valence-electron chi connectivity index (χ2n) is 6.37. The first kappa shape index (κ1) is 17.2. The minimum absolute atomic E-state index is 0.120. The van der Waals surface area contributed by atoms with Crippen LogP contribution >= 0.6 is 0 Å². The lowest BCUT2D eigenvalue weighted by molar-refractivity contribution is 0.0932. The first-order chi connectivity index (χ1) is 12.1. The summed E-state index contributed by atoms with van der Waals surface area (Å²) in [7, 11) is 1.64.